The first-order valence-corrected chi connectivity index (χ1v) is 14.7. The molecule has 7 atom stereocenters. The minimum Gasteiger partial charge on any atom is -0.382 e. The summed E-state index contributed by atoms with van der Waals surface area (Å²) in [6.45, 7) is 10.0. The molecule has 40 heavy (non-hydrogen) atoms. The first-order valence-electron chi connectivity index (χ1n) is 14.7. The Labute approximate surface area is 235 Å². The number of carbonyl (C=O) groups excluding carboxylic acids is 1. The Morgan fingerprint density at radius 1 is 1.07 bits per heavy atom. The van der Waals surface area contributed by atoms with Gasteiger partial charge in [0.1, 0.15) is 11.2 Å². The van der Waals surface area contributed by atoms with E-state index in [2.05, 4.69) is 43.1 Å². The lowest BCUT2D eigenvalue weighted by atomic mass is 9.41. The number of ether oxygens (including phenoxy) is 5. The molecule has 2 aromatic rings. The summed E-state index contributed by atoms with van der Waals surface area (Å²) in [6, 6.07) is 8.45. The number of benzene rings is 1. The number of hydrogen-bond donors (Lipinski definition) is 2. The predicted molar refractivity (Wildman–Crippen MR) is 148 cm³/mol. The fraction of sp³-hybridized carbons (Fsp3) is 0.656. The summed E-state index contributed by atoms with van der Waals surface area (Å²) in [5.41, 5.74) is 0.839. The maximum atomic E-state index is 13.5. The second-order valence-electron chi connectivity index (χ2n) is 13.3. The fourth-order valence-corrected chi connectivity index (χ4v) is 9.08. The van der Waals surface area contributed by atoms with Crippen molar-refractivity contribution < 1.29 is 33.6 Å². The van der Waals surface area contributed by atoms with Crippen molar-refractivity contribution in [2.24, 2.45) is 11.3 Å². The summed E-state index contributed by atoms with van der Waals surface area (Å²) in [5, 5.41) is 14.5. The van der Waals surface area contributed by atoms with Crippen LogP contribution < -0.4 is 0 Å². The van der Waals surface area contributed by atoms with E-state index in [4.69, 9.17) is 23.7 Å². The Morgan fingerprint density at radius 2 is 1.85 bits per heavy atom. The number of para-hydroxylation sites is 1. The Bertz CT molecular complexity index is 1400. The van der Waals surface area contributed by atoms with Gasteiger partial charge in [0.15, 0.2) is 17.7 Å². The van der Waals surface area contributed by atoms with E-state index in [1.54, 1.807) is 13.2 Å². The van der Waals surface area contributed by atoms with Crippen LogP contribution in [0, 0.1) is 11.3 Å². The number of aromatic nitrogens is 1. The van der Waals surface area contributed by atoms with Gasteiger partial charge in [-0.1, -0.05) is 32.0 Å². The van der Waals surface area contributed by atoms with Crippen molar-refractivity contribution in [3.8, 4) is 0 Å². The van der Waals surface area contributed by atoms with Crippen molar-refractivity contribution in [2.45, 2.75) is 88.0 Å². The molecule has 1 aromatic carbocycles. The summed E-state index contributed by atoms with van der Waals surface area (Å²) in [7, 11) is 1.65. The van der Waals surface area contributed by atoms with Gasteiger partial charge in [-0.05, 0) is 56.7 Å². The smallest absolute Gasteiger partial charge is 0.195 e. The van der Waals surface area contributed by atoms with Crippen LogP contribution in [0.1, 0.15) is 58.2 Å². The van der Waals surface area contributed by atoms with Crippen LogP contribution in [0.3, 0.4) is 0 Å². The van der Waals surface area contributed by atoms with Gasteiger partial charge in [-0.3, -0.25) is 4.79 Å². The Morgan fingerprint density at radius 3 is 2.65 bits per heavy atom. The number of aromatic amines is 1. The average molecular weight is 552 g/mol. The number of methoxy groups -OCH3 is 1. The van der Waals surface area contributed by atoms with Gasteiger partial charge in [-0.15, -0.1) is 0 Å². The van der Waals surface area contributed by atoms with E-state index in [1.165, 1.54) is 16.6 Å². The van der Waals surface area contributed by atoms with Crippen LogP contribution in [-0.4, -0.2) is 78.6 Å². The maximum Gasteiger partial charge on any atom is 0.195 e. The molecule has 7 rings (SSSR count). The van der Waals surface area contributed by atoms with Crippen molar-refractivity contribution in [3.05, 3.63) is 47.2 Å². The van der Waals surface area contributed by atoms with Crippen LogP contribution in [0.25, 0.3) is 10.9 Å². The van der Waals surface area contributed by atoms with Gasteiger partial charge < -0.3 is 33.8 Å². The minimum atomic E-state index is -1.50. The second-order valence-corrected chi connectivity index (χ2v) is 13.3. The summed E-state index contributed by atoms with van der Waals surface area (Å²) in [4.78, 5) is 17.2. The van der Waals surface area contributed by atoms with E-state index in [0.717, 1.165) is 11.9 Å². The normalized spacial score (nSPS) is 40.9. The lowest BCUT2D eigenvalue weighted by Crippen LogP contribution is -2.74. The molecule has 1 aromatic heterocycles. The third-order valence-electron chi connectivity index (χ3n) is 11.2. The van der Waals surface area contributed by atoms with Gasteiger partial charge in [0.25, 0.3) is 0 Å². The SMILES string of the molecule is COCCOCCO[C@H]1C[C@H]2Cc3c([nH]c4ccccc34)[C@]2(C)C2(C)CCC34O[C@@H](C(=O)C=C3[C@]12O)C(C)(C)O4. The average Bonchev–Trinajstić information content (AvgIpc) is 3.50. The standard InChI is InChI=1S/C32H41NO7/c1-28(2)27-23(34)18-24-31(39-27,40-28)11-10-29(3)30(4)19(16-21-20-8-6-7-9-22(20)33-26(21)30)17-25(32(24,29)35)38-15-14-37-13-12-36-5/h6-9,18-19,25,27,33,35H,10-17H2,1-5H3/t19-,25+,27+,29?,30-,31?,32+/m1/s1. The number of rotatable bonds is 7. The summed E-state index contributed by atoms with van der Waals surface area (Å²) >= 11 is 0. The summed E-state index contributed by atoms with van der Waals surface area (Å²) < 4.78 is 30.4. The fourth-order valence-electron chi connectivity index (χ4n) is 9.08. The van der Waals surface area contributed by atoms with Gasteiger partial charge in [0.05, 0.1) is 32.5 Å². The molecule has 2 bridgehead atoms. The van der Waals surface area contributed by atoms with E-state index < -0.39 is 34.6 Å². The lowest BCUT2D eigenvalue weighted by Gasteiger charge is -2.67. The van der Waals surface area contributed by atoms with Crippen molar-refractivity contribution >= 4 is 16.7 Å². The number of hydrogen-bond acceptors (Lipinski definition) is 7. The molecule has 8 nitrogen and oxygen atoms in total. The number of carbonyl (C=O) groups is 1. The largest absolute Gasteiger partial charge is 0.382 e. The zero-order valence-corrected chi connectivity index (χ0v) is 24.2. The number of H-pyrrole nitrogens is 1. The molecule has 2 aliphatic heterocycles. The summed E-state index contributed by atoms with van der Waals surface area (Å²) in [5.74, 6) is -1.04. The molecule has 3 aliphatic carbocycles. The van der Waals surface area contributed by atoms with Crippen LogP contribution in [-0.2, 0) is 40.3 Å². The highest BCUT2D eigenvalue weighted by Crippen LogP contribution is 2.72. The highest BCUT2D eigenvalue weighted by atomic mass is 16.8. The molecule has 2 N–H and O–H groups in total. The molecule has 2 unspecified atom stereocenters. The minimum absolute atomic E-state index is 0.155. The molecule has 5 aliphatic rings. The van der Waals surface area contributed by atoms with Crippen LogP contribution in [0.4, 0.5) is 0 Å². The molecular weight excluding hydrogens is 510 g/mol. The highest BCUT2D eigenvalue weighted by Gasteiger charge is 2.78. The second kappa shape index (κ2) is 8.72. The first kappa shape index (κ1) is 26.8. The van der Waals surface area contributed by atoms with E-state index in [0.29, 0.717) is 51.3 Å². The maximum absolute atomic E-state index is 13.5. The van der Waals surface area contributed by atoms with E-state index in [1.807, 2.05) is 13.8 Å². The Balaban J connectivity index is 1.34. The van der Waals surface area contributed by atoms with Gasteiger partial charge in [-0.2, -0.15) is 0 Å². The molecule has 0 radical (unpaired) electrons. The van der Waals surface area contributed by atoms with E-state index >= 15 is 0 Å². The molecule has 1 spiro atoms. The van der Waals surface area contributed by atoms with Gasteiger partial charge >= 0.3 is 0 Å². The monoisotopic (exact) mass is 551 g/mol. The quantitative estimate of drug-likeness (QED) is 0.502. The number of ketones is 1. The van der Waals surface area contributed by atoms with E-state index in [9.17, 15) is 9.90 Å². The van der Waals surface area contributed by atoms with Crippen LogP contribution in [0.5, 0.6) is 0 Å². The van der Waals surface area contributed by atoms with Crippen LogP contribution >= 0.6 is 0 Å². The summed E-state index contributed by atoms with van der Waals surface area (Å²) in [6.07, 6.45) is 3.18. The number of aliphatic hydroxyl groups is 1. The topological polar surface area (TPSA) is 99.2 Å². The zero-order chi connectivity index (χ0) is 28.1. The molecular formula is C32H41NO7. The molecule has 2 saturated carbocycles. The molecule has 216 valence electrons. The number of nitrogens with one attached hydrogen (secondary N) is 1. The zero-order valence-electron chi connectivity index (χ0n) is 24.2. The third-order valence-corrected chi connectivity index (χ3v) is 11.2. The molecule has 3 fully saturated rings. The number of fused-ring (bicyclic) bond motifs is 9. The lowest BCUT2D eigenvalue weighted by molar-refractivity contribution is -0.281. The van der Waals surface area contributed by atoms with Crippen molar-refractivity contribution in [1.82, 2.24) is 4.98 Å². The molecule has 8 heteroatoms. The molecule has 3 heterocycles. The van der Waals surface area contributed by atoms with Crippen LogP contribution in [0.2, 0.25) is 0 Å². The Hall–Kier alpha value is -2.07. The predicted octanol–water partition coefficient (Wildman–Crippen LogP) is 3.98. The van der Waals surface area contributed by atoms with Gasteiger partial charge in [0.2, 0.25) is 0 Å². The van der Waals surface area contributed by atoms with Gasteiger partial charge in [0, 0.05) is 46.5 Å². The van der Waals surface area contributed by atoms with Crippen molar-refractivity contribution in [2.75, 3.05) is 33.5 Å². The first-order chi connectivity index (χ1) is 19.0. The molecule has 0 amide bonds. The Kier molecular flexibility index (Phi) is 5.85. The van der Waals surface area contributed by atoms with Crippen molar-refractivity contribution in [1.29, 1.82) is 0 Å². The van der Waals surface area contributed by atoms with Crippen LogP contribution in [0.15, 0.2) is 35.9 Å². The molecule has 1 saturated heterocycles. The highest BCUT2D eigenvalue weighted by molar-refractivity contribution is 5.97. The third kappa shape index (κ3) is 3.21. The van der Waals surface area contributed by atoms with Crippen molar-refractivity contribution in [3.63, 3.8) is 0 Å². The van der Waals surface area contributed by atoms with Gasteiger partial charge in [-0.25, -0.2) is 0 Å². The van der Waals surface area contributed by atoms with E-state index in [-0.39, 0.29) is 17.1 Å².